The number of carbonyl (C=O) groups is 1. The Morgan fingerprint density at radius 2 is 2.18 bits per heavy atom. The van der Waals surface area contributed by atoms with Crippen molar-refractivity contribution in [3.8, 4) is 0 Å². The van der Waals surface area contributed by atoms with Crippen molar-refractivity contribution in [3.63, 3.8) is 0 Å². The molecule has 0 radical (unpaired) electrons. The van der Waals surface area contributed by atoms with Crippen LogP contribution in [0.2, 0.25) is 0 Å². The van der Waals surface area contributed by atoms with Gasteiger partial charge in [-0.05, 0) is 43.8 Å². The van der Waals surface area contributed by atoms with Crippen molar-refractivity contribution in [2.75, 3.05) is 7.05 Å². The lowest BCUT2D eigenvalue weighted by Gasteiger charge is -2.27. The fourth-order valence-corrected chi connectivity index (χ4v) is 2.92. The fourth-order valence-electron chi connectivity index (χ4n) is 1.96. The first kappa shape index (κ1) is 15.9. The Morgan fingerprint density at radius 3 is 2.86 bits per heavy atom. The maximum absolute atomic E-state index is 12.4. The molecule has 1 aromatic rings. The van der Waals surface area contributed by atoms with E-state index >= 15 is 0 Å². The summed E-state index contributed by atoms with van der Waals surface area (Å²) in [5.41, 5.74) is 0.819. The highest BCUT2D eigenvalue weighted by atomic mass is 32.2. The minimum atomic E-state index is -0.440. The van der Waals surface area contributed by atoms with Gasteiger partial charge in [-0.25, -0.2) is 4.99 Å². The predicted molar refractivity (Wildman–Crippen MR) is 90.2 cm³/mol. The summed E-state index contributed by atoms with van der Waals surface area (Å²) in [5, 5.41) is 13.0. The van der Waals surface area contributed by atoms with E-state index in [0.29, 0.717) is 11.4 Å². The molecule has 0 saturated heterocycles. The SMILES string of the molecule is C=N/C(=C\C=C/C)NC(=O)C1=C(O)c2ccccc2SN1C. The normalized spacial score (nSPS) is 15.0. The zero-order chi connectivity index (χ0) is 16.1. The number of aliphatic hydroxyl groups excluding tert-OH is 1. The molecule has 1 aliphatic rings. The molecule has 2 rings (SSSR count). The molecule has 0 unspecified atom stereocenters. The molecule has 0 aliphatic carbocycles. The average molecular weight is 315 g/mol. The molecule has 1 heterocycles. The number of hydrogen-bond acceptors (Lipinski definition) is 5. The number of rotatable bonds is 4. The molecule has 0 bridgehead atoms. The third kappa shape index (κ3) is 3.23. The molecule has 0 atom stereocenters. The molecule has 22 heavy (non-hydrogen) atoms. The number of fused-ring (bicyclic) bond motifs is 1. The number of nitrogens with zero attached hydrogens (tertiary/aromatic N) is 2. The lowest BCUT2D eigenvalue weighted by atomic mass is 10.1. The molecule has 1 aliphatic heterocycles. The van der Waals surface area contributed by atoms with Crippen LogP contribution in [0.3, 0.4) is 0 Å². The van der Waals surface area contributed by atoms with Gasteiger partial charge in [0.25, 0.3) is 5.91 Å². The topological polar surface area (TPSA) is 64.9 Å². The first-order valence-corrected chi connectivity index (χ1v) is 7.41. The summed E-state index contributed by atoms with van der Waals surface area (Å²) in [4.78, 5) is 17.1. The van der Waals surface area contributed by atoms with Crippen LogP contribution in [-0.4, -0.2) is 29.1 Å². The van der Waals surface area contributed by atoms with Crippen LogP contribution < -0.4 is 5.32 Å². The standard InChI is InChI=1S/C16H17N3O2S/c1-4-5-10-13(17-2)18-16(21)14-15(20)11-8-6-7-9-12(11)22-19(14)3/h4-10,20H,2H2,1,3H3,(H,18,21)/b5-4-,13-10+. The van der Waals surface area contributed by atoms with Gasteiger partial charge in [-0.1, -0.05) is 24.3 Å². The Labute approximate surface area is 133 Å². The number of amides is 1. The van der Waals surface area contributed by atoms with Crippen LogP contribution >= 0.6 is 11.9 Å². The van der Waals surface area contributed by atoms with Gasteiger partial charge in [0.15, 0.2) is 11.5 Å². The number of allylic oxidation sites excluding steroid dienone is 3. The van der Waals surface area contributed by atoms with Crippen LogP contribution in [-0.2, 0) is 4.79 Å². The summed E-state index contributed by atoms with van der Waals surface area (Å²) < 4.78 is 1.63. The van der Waals surface area contributed by atoms with E-state index < -0.39 is 5.91 Å². The Bertz CT molecular complexity index is 692. The Morgan fingerprint density at radius 1 is 1.45 bits per heavy atom. The number of hydrogen-bond donors (Lipinski definition) is 2. The highest BCUT2D eigenvalue weighted by Gasteiger charge is 2.28. The first-order valence-electron chi connectivity index (χ1n) is 6.64. The Balaban J connectivity index is 2.34. The van der Waals surface area contributed by atoms with E-state index in [4.69, 9.17) is 0 Å². The van der Waals surface area contributed by atoms with Gasteiger partial charge in [0.05, 0.1) is 0 Å². The summed E-state index contributed by atoms with van der Waals surface area (Å²) in [5.74, 6) is -0.172. The second kappa shape index (κ2) is 7.00. The van der Waals surface area contributed by atoms with Gasteiger partial charge in [-0.2, -0.15) is 0 Å². The minimum absolute atomic E-state index is 0.0520. The third-order valence-corrected chi connectivity index (χ3v) is 4.00. The fraction of sp³-hybridized carbons (Fsp3) is 0.125. The second-order valence-corrected chi connectivity index (χ2v) is 5.64. The van der Waals surface area contributed by atoms with E-state index in [0.717, 1.165) is 4.90 Å². The largest absolute Gasteiger partial charge is 0.505 e. The summed E-state index contributed by atoms with van der Waals surface area (Å²) >= 11 is 1.38. The molecule has 5 nitrogen and oxygen atoms in total. The number of nitrogens with one attached hydrogen (secondary N) is 1. The highest BCUT2D eigenvalue weighted by Crippen LogP contribution is 2.38. The number of likely N-dealkylation sites (N-methyl/N-ethyl adjacent to an activating group) is 1. The van der Waals surface area contributed by atoms with Crippen molar-refractivity contribution in [3.05, 3.63) is 59.6 Å². The van der Waals surface area contributed by atoms with Crippen molar-refractivity contribution >= 4 is 30.3 Å². The van der Waals surface area contributed by atoms with Crippen LogP contribution in [0.15, 0.2) is 63.9 Å². The van der Waals surface area contributed by atoms with Crippen LogP contribution in [0.5, 0.6) is 0 Å². The molecule has 0 saturated carbocycles. The van der Waals surface area contributed by atoms with Gasteiger partial charge in [0.1, 0.15) is 5.82 Å². The second-order valence-electron chi connectivity index (χ2n) is 4.47. The molecule has 6 heteroatoms. The van der Waals surface area contributed by atoms with Crippen molar-refractivity contribution in [1.29, 1.82) is 0 Å². The third-order valence-electron chi connectivity index (χ3n) is 2.99. The molecule has 114 valence electrons. The van der Waals surface area contributed by atoms with E-state index in [1.807, 2.05) is 31.2 Å². The number of aliphatic hydroxyl groups is 1. The van der Waals surface area contributed by atoms with E-state index in [-0.39, 0.29) is 11.5 Å². The Kier molecular flexibility index (Phi) is 5.06. The van der Waals surface area contributed by atoms with Crippen LogP contribution in [0.25, 0.3) is 5.76 Å². The number of benzene rings is 1. The maximum atomic E-state index is 12.4. The summed E-state index contributed by atoms with van der Waals surface area (Å²) in [7, 11) is 1.72. The summed E-state index contributed by atoms with van der Waals surface area (Å²) in [6, 6.07) is 7.38. The summed E-state index contributed by atoms with van der Waals surface area (Å²) in [6.45, 7) is 5.28. The zero-order valence-corrected chi connectivity index (χ0v) is 13.2. The average Bonchev–Trinajstić information content (AvgIpc) is 2.51. The monoisotopic (exact) mass is 315 g/mol. The van der Waals surface area contributed by atoms with E-state index in [2.05, 4.69) is 17.0 Å². The van der Waals surface area contributed by atoms with Crippen LogP contribution in [0.1, 0.15) is 12.5 Å². The van der Waals surface area contributed by atoms with Crippen LogP contribution in [0.4, 0.5) is 0 Å². The van der Waals surface area contributed by atoms with E-state index in [1.54, 1.807) is 29.6 Å². The van der Waals surface area contributed by atoms with Crippen molar-refractivity contribution in [2.45, 2.75) is 11.8 Å². The molecular weight excluding hydrogens is 298 g/mol. The van der Waals surface area contributed by atoms with Gasteiger partial charge in [-0.15, -0.1) is 0 Å². The molecule has 0 spiro atoms. The van der Waals surface area contributed by atoms with Gasteiger partial charge in [0.2, 0.25) is 0 Å². The highest BCUT2D eigenvalue weighted by molar-refractivity contribution is 7.97. The molecule has 2 N–H and O–H groups in total. The predicted octanol–water partition coefficient (Wildman–Crippen LogP) is 3.10. The quantitative estimate of drug-likeness (QED) is 0.509. The molecule has 0 aromatic heterocycles. The van der Waals surface area contributed by atoms with Crippen molar-refractivity contribution < 1.29 is 9.90 Å². The van der Waals surface area contributed by atoms with E-state index in [1.165, 1.54) is 11.9 Å². The lowest BCUT2D eigenvalue weighted by Crippen LogP contribution is -2.32. The first-order chi connectivity index (χ1) is 10.6. The molecular formula is C16H17N3O2S. The van der Waals surface area contributed by atoms with Crippen LogP contribution in [0, 0.1) is 0 Å². The lowest BCUT2D eigenvalue weighted by molar-refractivity contribution is -0.117. The van der Waals surface area contributed by atoms with Crippen molar-refractivity contribution in [2.24, 2.45) is 4.99 Å². The molecule has 1 aromatic carbocycles. The maximum Gasteiger partial charge on any atom is 0.277 e. The number of aliphatic imine (C=N–C) groups is 1. The van der Waals surface area contributed by atoms with Gasteiger partial charge in [0, 0.05) is 17.5 Å². The molecule has 0 fully saturated rings. The molecule has 1 amide bonds. The van der Waals surface area contributed by atoms with Gasteiger partial charge < -0.3 is 14.7 Å². The zero-order valence-electron chi connectivity index (χ0n) is 12.4. The summed E-state index contributed by atoms with van der Waals surface area (Å²) in [6.07, 6.45) is 5.19. The number of carbonyl (C=O) groups excluding carboxylic acids is 1. The van der Waals surface area contributed by atoms with Gasteiger partial charge in [-0.3, -0.25) is 4.79 Å². The minimum Gasteiger partial charge on any atom is -0.505 e. The smallest absolute Gasteiger partial charge is 0.277 e. The van der Waals surface area contributed by atoms with Crippen molar-refractivity contribution in [1.82, 2.24) is 9.62 Å². The Hall–Kier alpha value is -2.47. The van der Waals surface area contributed by atoms with E-state index in [9.17, 15) is 9.90 Å². The van der Waals surface area contributed by atoms with Gasteiger partial charge >= 0.3 is 0 Å².